The van der Waals surface area contributed by atoms with E-state index in [0.717, 1.165) is 49.2 Å². The summed E-state index contributed by atoms with van der Waals surface area (Å²) in [5.41, 5.74) is 3.37. The van der Waals surface area contributed by atoms with Crippen molar-refractivity contribution >= 4 is 5.91 Å². The molecule has 1 atom stereocenters. The van der Waals surface area contributed by atoms with E-state index in [1.54, 1.807) is 12.1 Å². The summed E-state index contributed by atoms with van der Waals surface area (Å²) in [4.78, 5) is 14.9. The molecule has 3 rings (SSSR count). The quantitative estimate of drug-likeness (QED) is 0.847. The summed E-state index contributed by atoms with van der Waals surface area (Å²) in [5, 5.41) is 10.1. The van der Waals surface area contributed by atoms with Gasteiger partial charge in [0, 0.05) is 17.8 Å². The number of aromatic nitrogens is 2. The van der Waals surface area contributed by atoms with Crippen molar-refractivity contribution in [3.05, 3.63) is 52.6 Å². The molecule has 5 nitrogen and oxygen atoms in total. The molecule has 6 heteroatoms. The Morgan fingerprint density at radius 3 is 2.60 bits per heavy atom. The summed E-state index contributed by atoms with van der Waals surface area (Å²) < 4.78 is 13.2. The van der Waals surface area contributed by atoms with Gasteiger partial charge in [0.1, 0.15) is 5.82 Å². The lowest BCUT2D eigenvalue weighted by atomic mass is 10.1. The Balaban J connectivity index is 1.72. The molecule has 1 aliphatic rings. The van der Waals surface area contributed by atoms with Crippen molar-refractivity contribution in [3.63, 3.8) is 0 Å². The number of rotatable bonds is 6. The minimum Gasteiger partial charge on any atom is -0.349 e. The predicted molar refractivity (Wildman–Crippen MR) is 95.0 cm³/mol. The number of carbonyl (C=O) groups excluding carboxylic acids is 1. The molecular weight excluding hydrogens is 319 g/mol. The van der Waals surface area contributed by atoms with Crippen molar-refractivity contribution in [1.82, 2.24) is 20.4 Å². The standard InChI is InChI=1S/C19H25FN4O/c1-3-16-13(2)18(23-22-16)19(25)21-12-17(24-10-4-5-11-24)14-6-8-15(20)9-7-14/h6-9,17H,3-5,10-12H2,1-2H3,(H,21,25)(H,22,23)/t17-/m0/s1. The van der Waals surface area contributed by atoms with Gasteiger partial charge in [0.05, 0.1) is 6.04 Å². The topological polar surface area (TPSA) is 61.0 Å². The van der Waals surface area contributed by atoms with Crippen LogP contribution in [-0.2, 0) is 6.42 Å². The van der Waals surface area contributed by atoms with Crippen molar-refractivity contribution in [2.75, 3.05) is 19.6 Å². The zero-order valence-electron chi connectivity index (χ0n) is 14.8. The highest BCUT2D eigenvalue weighted by molar-refractivity contribution is 5.93. The fraction of sp³-hybridized carbons (Fsp3) is 0.474. The number of carbonyl (C=O) groups is 1. The molecule has 0 bridgehead atoms. The van der Waals surface area contributed by atoms with Crippen LogP contribution >= 0.6 is 0 Å². The Kier molecular flexibility index (Phi) is 5.48. The highest BCUT2D eigenvalue weighted by Crippen LogP contribution is 2.25. The fourth-order valence-electron chi connectivity index (χ4n) is 3.47. The second-order valence-corrected chi connectivity index (χ2v) is 6.55. The van der Waals surface area contributed by atoms with Crippen LogP contribution in [0.1, 0.15) is 53.1 Å². The van der Waals surface area contributed by atoms with E-state index in [-0.39, 0.29) is 17.8 Å². The van der Waals surface area contributed by atoms with Gasteiger partial charge in [-0.25, -0.2) is 4.39 Å². The van der Waals surface area contributed by atoms with Gasteiger partial charge in [-0.15, -0.1) is 0 Å². The molecule has 0 spiro atoms. The molecule has 1 fully saturated rings. The van der Waals surface area contributed by atoms with Crippen LogP contribution in [0.5, 0.6) is 0 Å². The lowest BCUT2D eigenvalue weighted by molar-refractivity contribution is 0.0932. The van der Waals surface area contributed by atoms with Gasteiger partial charge in [0.15, 0.2) is 5.69 Å². The summed E-state index contributed by atoms with van der Waals surface area (Å²) in [7, 11) is 0. The maximum absolute atomic E-state index is 13.2. The highest BCUT2D eigenvalue weighted by atomic mass is 19.1. The summed E-state index contributed by atoms with van der Waals surface area (Å²) in [6, 6.07) is 6.62. The fourth-order valence-corrected chi connectivity index (χ4v) is 3.47. The number of halogens is 1. The number of hydrogen-bond donors (Lipinski definition) is 2. The van der Waals surface area contributed by atoms with E-state index >= 15 is 0 Å². The number of nitrogens with one attached hydrogen (secondary N) is 2. The van der Waals surface area contributed by atoms with Gasteiger partial charge in [-0.2, -0.15) is 5.10 Å². The predicted octanol–water partition coefficient (Wildman–Crippen LogP) is 2.99. The maximum Gasteiger partial charge on any atom is 0.272 e. The smallest absolute Gasteiger partial charge is 0.272 e. The maximum atomic E-state index is 13.2. The number of aryl methyl sites for hydroxylation is 1. The number of aromatic amines is 1. The lowest BCUT2D eigenvalue weighted by Gasteiger charge is -2.28. The Bertz CT molecular complexity index is 720. The Morgan fingerprint density at radius 1 is 1.32 bits per heavy atom. The molecule has 1 amide bonds. The zero-order valence-corrected chi connectivity index (χ0v) is 14.8. The second kappa shape index (κ2) is 7.78. The number of benzene rings is 1. The molecule has 2 N–H and O–H groups in total. The van der Waals surface area contributed by atoms with E-state index in [1.807, 2.05) is 13.8 Å². The van der Waals surface area contributed by atoms with E-state index in [4.69, 9.17) is 0 Å². The molecule has 25 heavy (non-hydrogen) atoms. The van der Waals surface area contributed by atoms with Crippen molar-refractivity contribution in [2.45, 2.75) is 39.2 Å². The number of H-pyrrole nitrogens is 1. The molecule has 134 valence electrons. The minimum atomic E-state index is -0.243. The SMILES string of the molecule is CCc1[nH]nc(C(=O)NC[C@@H](c2ccc(F)cc2)N2CCCC2)c1C. The van der Waals surface area contributed by atoms with Crippen molar-refractivity contribution in [3.8, 4) is 0 Å². The average molecular weight is 344 g/mol. The van der Waals surface area contributed by atoms with Crippen LogP contribution in [0.3, 0.4) is 0 Å². The first-order valence-electron chi connectivity index (χ1n) is 8.91. The summed E-state index contributed by atoms with van der Waals surface area (Å²) in [5.74, 6) is -0.410. The van der Waals surface area contributed by atoms with Gasteiger partial charge in [-0.3, -0.25) is 14.8 Å². The van der Waals surface area contributed by atoms with Crippen molar-refractivity contribution in [1.29, 1.82) is 0 Å². The number of nitrogens with zero attached hydrogens (tertiary/aromatic N) is 2. The third kappa shape index (κ3) is 3.90. The average Bonchev–Trinajstić information content (AvgIpc) is 3.26. The van der Waals surface area contributed by atoms with Crippen LogP contribution in [0.2, 0.25) is 0 Å². The molecule has 1 aliphatic heterocycles. The molecule has 2 heterocycles. The van der Waals surface area contributed by atoms with E-state index in [9.17, 15) is 9.18 Å². The van der Waals surface area contributed by atoms with Gasteiger partial charge < -0.3 is 5.32 Å². The third-order valence-electron chi connectivity index (χ3n) is 4.97. The first kappa shape index (κ1) is 17.6. The van der Waals surface area contributed by atoms with Crippen LogP contribution in [0.25, 0.3) is 0 Å². The van der Waals surface area contributed by atoms with Gasteiger partial charge in [-0.1, -0.05) is 19.1 Å². The monoisotopic (exact) mass is 344 g/mol. The first-order valence-corrected chi connectivity index (χ1v) is 8.91. The van der Waals surface area contributed by atoms with E-state index in [1.165, 1.54) is 12.1 Å². The molecule has 1 saturated heterocycles. The number of amides is 1. The van der Waals surface area contributed by atoms with Crippen molar-refractivity contribution < 1.29 is 9.18 Å². The number of hydrogen-bond acceptors (Lipinski definition) is 3. The van der Waals surface area contributed by atoms with E-state index < -0.39 is 0 Å². The highest BCUT2D eigenvalue weighted by Gasteiger charge is 2.25. The molecule has 0 saturated carbocycles. The first-order chi connectivity index (χ1) is 12.1. The molecule has 0 unspecified atom stereocenters. The summed E-state index contributed by atoms with van der Waals surface area (Å²) in [6.45, 7) is 6.42. The Labute approximate surface area is 147 Å². The molecule has 1 aromatic heterocycles. The van der Waals surface area contributed by atoms with E-state index in [0.29, 0.717) is 12.2 Å². The number of likely N-dealkylation sites (tertiary alicyclic amines) is 1. The van der Waals surface area contributed by atoms with Gasteiger partial charge in [-0.05, 0) is 57.0 Å². The van der Waals surface area contributed by atoms with Gasteiger partial charge in [0.2, 0.25) is 0 Å². The summed E-state index contributed by atoms with van der Waals surface area (Å²) >= 11 is 0. The zero-order chi connectivity index (χ0) is 17.8. The Morgan fingerprint density at radius 2 is 2.00 bits per heavy atom. The van der Waals surface area contributed by atoms with Crippen LogP contribution in [-0.4, -0.2) is 40.6 Å². The normalized spacial score (nSPS) is 16.1. The molecular formula is C19H25FN4O. The lowest BCUT2D eigenvalue weighted by Crippen LogP contribution is -2.37. The molecule has 1 aromatic carbocycles. The van der Waals surface area contributed by atoms with Gasteiger partial charge in [0.25, 0.3) is 5.91 Å². The van der Waals surface area contributed by atoms with Crippen LogP contribution in [0.15, 0.2) is 24.3 Å². The van der Waals surface area contributed by atoms with Crippen LogP contribution < -0.4 is 5.32 Å². The second-order valence-electron chi connectivity index (χ2n) is 6.55. The van der Waals surface area contributed by atoms with Gasteiger partial charge >= 0.3 is 0 Å². The largest absolute Gasteiger partial charge is 0.349 e. The third-order valence-corrected chi connectivity index (χ3v) is 4.97. The molecule has 2 aromatic rings. The molecule has 0 aliphatic carbocycles. The minimum absolute atomic E-state index is 0.0527. The van der Waals surface area contributed by atoms with Crippen molar-refractivity contribution in [2.24, 2.45) is 0 Å². The van der Waals surface area contributed by atoms with Crippen LogP contribution in [0, 0.1) is 12.7 Å². The van der Waals surface area contributed by atoms with E-state index in [2.05, 4.69) is 20.4 Å². The summed E-state index contributed by atoms with van der Waals surface area (Å²) in [6.07, 6.45) is 3.13. The van der Waals surface area contributed by atoms with Crippen LogP contribution in [0.4, 0.5) is 4.39 Å². The Hall–Kier alpha value is -2.21. The molecule has 0 radical (unpaired) electrons.